The van der Waals surface area contributed by atoms with Gasteiger partial charge in [-0.05, 0) is 39.0 Å². The van der Waals surface area contributed by atoms with Crippen LogP contribution < -0.4 is 5.32 Å². The maximum atomic E-state index is 6.04. The predicted octanol–water partition coefficient (Wildman–Crippen LogP) is 3.04. The van der Waals surface area contributed by atoms with Gasteiger partial charge in [0.25, 0.3) is 0 Å². The summed E-state index contributed by atoms with van der Waals surface area (Å²) >= 11 is 0. The van der Waals surface area contributed by atoms with Crippen molar-refractivity contribution in [3.63, 3.8) is 0 Å². The Hall–Kier alpha value is -0.120. The Labute approximate surface area is 125 Å². The quantitative estimate of drug-likeness (QED) is 0.839. The van der Waals surface area contributed by atoms with E-state index in [0.29, 0.717) is 17.6 Å². The van der Waals surface area contributed by atoms with Gasteiger partial charge in [0.15, 0.2) is 0 Å². The molecule has 1 N–H and O–H groups in total. The fraction of sp³-hybridized carbons (Fsp3) is 1.00. The number of rotatable bonds is 5. The van der Waals surface area contributed by atoms with E-state index in [1.807, 2.05) is 0 Å². The topological polar surface area (TPSA) is 24.5 Å². The fourth-order valence-corrected chi connectivity index (χ4v) is 4.12. The normalized spacial score (nSPS) is 30.0. The van der Waals surface area contributed by atoms with E-state index in [0.717, 1.165) is 13.1 Å². The molecule has 0 aromatic carbocycles. The Morgan fingerprint density at radius 1 is 1.25 bits per heavy atom. The first-order valence-corrected chi connectivity index (χ1v) is 8.44. The molecule has 0 amide bonds. The van der Waals surface area contributed by atoms with Crippen LogP contribution in [-0.2, 0) is 4.74 Å². The van der Waals surface area contributed by atoms with Gasteiger partial charge in [-0.2, -0.15) is 0 Å². The highest BCUT2D eigenvalue weighted by molar-refractivity contribution is 4.93. The summed E-state index contributed by atoms with van der Waals surface area (Å²) in [7, 11) is 0. The zero-order valence-electron chi connectivity index (χ0n) is 14.2. The third kappa shape index (κ3) is 4.44. The summed E-state index contributed by atoms with van der Waals surface area (Å²) in [6.45, 7) is 15.7. The van der Waals surface area contributed by atoms with Crippen molar-refractivity contribution in [2.45, 2.75) is 78.0 Å². The van der Waals surface area contributed by atoms with Gasteiger partial charge in [0.2, 0.25) is 0 Å². The molecule has 3 heteroatoms. The third-order valence-corrected chi connectivity index (χ3v) is 4.75. The van der Waals surface area contributed by atoms with Crippen LogP contribution in [0.4, 0.5) is 0 Å². The molecular formula is C17H34N2O. The van der Waals surface area contributed by atoms with Crippen LogP contribution in [-0.4, -0.2) is 48.8 Å². The third-order valence-electron chi connectivity index (χ3n) is 4.75. The van der Waals surface area contributed by atoms with E-state index >= 15 is 0 Å². The second-order valence-electron chi connectivity index (χ2n) is 8.10. The Morgan fingerprint density at radius 2 is 1.90 bits per heavy atom. The highest BCUT2D eigenvalue weighted by Crippen LogP contribution is 2.39. The largest absolute Gasteiger partial charge is 0.370 e. The van der Waals surface area contributed by atoms with Gasteiger partial charge in [-0.1, -0.05) is 26.7 Å². The van der Waals surface area contributed by atoms with Crippen molar-refractivity contribution < 1.29 is 4.74 Å². The maximum Gasteiger partial charge on any atom is 0.0757 e. The second-order valence-corrected chi connectivity index (χ2v) is 8.10. The molecule has 2 rings (SSSR count). The van der Waals surface area contributed by atoms with Crippen molar-refractivity contribution >= 4 is 0 Å². The van der Waals surface area contributed by atoms with Crippen LogP contribution >= 0.6 is 0 Å². The van der Waals surface area contributed by atoms with E-state index < -0.39 is 0 Å². The zero-order chi connectivity index (χ0) is 14.8. The Bertz CT molecular complexity index is 308. The van der Waals surface area contributed by atoms with E-state index in [1.54, 1.807) is 0 Å². The number of hydrogen-bond acceptors (Lipinski definition) is 3. The highest BCUT2D eigenvalue weighted by atomic mass is 16.5. The number of ether oxygens (including phenoxy) is 1. The number of hydrogen-bond donors (Lipinski definition) is 1. The molecule has 2 fully saturated rings. The van der Waals surface area contributed by atoms with Gasteiger partial charge in [-0.3, -0.25) is 4.90 Å². The predicted molar refractivity (Wildman–Crippen MR) is 85.1 cm³/mol. The fourth-order valence-electron chi connectivity index (χ4n) is 4.12. The van der Waals surface area contributed by atoms with Crippen LogP contribution in [0.2, 0.25) is 0 Å². The molecular weight excluding hydrogens is 248 g/mol. The number of nitrogens with zero attached hydrogens (tertiary/aromatic N) is 1. The first kappa shape index (κ1) is 16.3. The number of nitrogens with one attached hydrogen (secondary N) is 1. The van der Waals surface area contributed by atoms with Crippen LogP contribution in [0.25, 0.3) is 0 Å². The molecule has 2 aliphatic rings. The maximum absolute atomic E-state index is 6.04. The molecule has 3 nitrogen and oxygen atoms in total. The molecule has 1 atom stereocenters. The van der Waals surface area contributed by atoms with E-state index in [4.69, 9.17) is 4.74 Å². The highest BCUT2D eigenvalue weighted by Gasteiger charge is 2.39. The van der Waals surface area contributed by atoms with Crippen LogP contribution in [0.1, 0.15) is 60.3 Å². The van der Waals surface area contributed by atoms with Crippen LogP contribution in [0, 0.1) is 5.41 Å². The van der Waals surface area contributed by atoms with Crippen molar-refractivity contribution in [1.29, 1.82) is 0 Å². The Morgan fingerprint density at radius 3 is 2.45 bits per heavy atom. The lowest BCUT2D eigenvalue weighted by Crippen LogP contribution is -2.55. The Balaban J connectivity index is 1.97. The standard InChI is InChI=1S/C17H34N2O/c1-14(2)18-11-17(8-6-7-9-17)13-19-10-15(3)20-16(4,5)12-19/h14-15,18H,6-13H2,1-5H3. The molecule has 1 aliphatic carbocycles. The van der Waals surface area contributed by atoms with Crippen LogP contribution in [0.3, 0.4) is 0 Å². The minimum Gasteiger partial charge on any atom is -0.370 e. The summed E-state index contributed by atoms with van der Waals surface area (Å²) in [5.74, 6) is 0. The van der Waals surface area contributed by atoms with E-state index in [-0.39, 0.29) is 5.60 Å². The van der Waals surface area contributed by atoms with Crippen molar-refractivity contribution in [3.8, 4) is 0 Å². The van der Waals surface area contributed by atoms with Gasteiger partial charge < -0.3 is 10.1 Å². The average molecular weight is 282 g/mol. The summed E-state index contributed by atoms with van der Waals surface area (Å²) in [6.07, 6.45) is 5.94. The van der Waals surface area contributed by atoms with Crippen molar-refractivity contribution in [2.24, 2.45) is 5.41 Å². The summed E-state index contributed by atoms with van der Waals surface area (Å²) < 4.78 is 6.04. The summed E-state index contributed by atoms with van der Waals surface area (Å²) in [6, 6.07) is 0.590. The lowest BCUT2D eigenvalue weighted by molar-refractivity contribution is -0.134. The van der Waals surface area contributed by atoms with Crippen LogP contribution in [0.15, 0.2) is 0 Å². The summed E-state index contributed by atoms with van der Waals surface area (Å²) in [5.41, 5.74) is 0.500. The summed E-state index contributed by atoms with van der Waals surface area (Å²) in [5, 5.41) is 3.69. The molecule has 1 saturated carbocycles. The summed E-state index contributed by atoms with van der Waals surface area (Å²) in [4.78, 5) is 2.65. The van der Waals surface area contributed by atoms with Gasteiger partial charge >= 0.3 is 0 Å². The van der Waals surface area contributed by atoms with E-state index in [2.05, 4.69) is 44.8 Å². The minimum absolute atomic E-state index is 0.00291. The monoisotopic (exact) mass is 282 g/mol. The van der Waals surface area contributed by atoms with Crippen molar-refractivity contribution in [3.05, 3.63) is 0 Å². The van der Waals surface area contributed by atoms with E-state index in [9.17, 15) is 0 Å². The SMILES string of the molecule is CC(C)NCC1(CN2CC(C)OC(C)(C)C2)CCCC1. The molecule has 118 valence electrons. The molecule has 1 saturated heterocycles. The first-order valence-electron chi connectivity index (χ1n) is 8.44. The van der Waals surface area contributed by atoms with Crippen molar-refractivity contribution in [2.75, 3.05) is 26.2 Å². The molecule has 0 aromatic rings. The molecule has 1 aliphatic heterocycles. The molecule has 0 spiro atoms. The number of morpholine rings is 1. The minimum atomic E-state index is 0.00291. The zero-order valence-corrected chi connectivity index (χ0v) is 14.2. The van der Waals surface area contributed by atoms with Gasteiger partial charge in [-0.15, -0.1) is 0 Å². The van der Waals surface area contributed by atoms with Gasteiger partial charge in [-0.25, -0.2) is 0 Å². The van der Waals surface area contributed by atoms with E-state index in [1.165, 1.54) is 38.8 Å². The molecule has 0 radical (unpaired) electrons. The molecule has 20 heavy (non-hydrogen) atoms. The van der Waals surface area contributed by atoms with Crippen molar-refractivity contribution in [1.82, 2.24) is 10.2 Å². The molecule has 1 unspecified atom stereocenters. The first-order chi connectivity index (χ1) is 9.30. The second kappa shape index (κ2) is 6.33. The van der Waals surface area contributed by atoms with Gasteiger partial charge in [0.05, 0.1) is 11.7 Å². The Kier molecular flexibility index (Phi) is 5.14. The lowest BCUT2D eigenvalue weighted by Gasteiger charge is -2.45. The van der Waals surface area contributed by atoms with Gasteiger partial charge in [0.1, 0.15) is 0 Å². The smallest absolute Gasteiger partial charge is 0.0757 e. The average Bonchev–Trinajstić information content (AvgIpc) is 2.72. The van der Waals surface area contributed by atoms with Crippen LogP contribution in [0.5, 0.6) is 0 Å². The molecule has 0 bridgehead atoms. The lowest BCUT2D eigenvalue weighted by atomic mass is 9.84. The van der Waals surface area contributed by atoms with Gasteiger partial charge in [0, 0.05) is 32.2 Å². The molecule has 1 heterocycles. The molecule has 0 aromatic heterocycles.